The van der Waals surface area contributed by atoms with E-state index in [1.165, 1.54) is 17.0 Å². The Bertz CT molecular complexity index is 2090. The predicted molar refractivity (Wildman–Crippen MR) is 227 cm³/mol. The molecule has 0 radical (unpaired) electrons. The fraction of sp³-hybridized carbons (Fsp3) is 0.688. The number of benzene rings is 2. The van der Waals surface area contributed by atoms with Crippen molar-refractivity contribution < 1.29 is 64.1 Å². The highest BCUT2D eigenvalue weighted by Crippen LogP contribution is 2.49. The van der Waals surface area contributed by atoms with E-state index in [4.69, 9.17) is 9.47 Å². The summed E-state index contributed by atoms with van der Waals surface area (Å²) in [4.78, 5) is 43.1. The molecule has 4 fully saturated rings. The number of imide groups is 1. The van der Waals surface area contributed by atoms with Gasteiger partial charge < -0.3 is 30.1 Å². The van der Waals surface area contributed by atoms with Gasteiger partial charge in [0.2, 0.25) is 11.8 Å². The fourth-order valence-electron chi connectivity index (χ4n) is 11.1. The molecular formula is C48H62F8N4O6. The molecule has 4 aliphatic heterocycles. The van der Waals surface area contributed by atoms with Gasteiger partial charge in [-0.1, -0.05) is 39.8 Å². The molecule has 0 bridgehead atoms. The molecule has 18 heteroatoms. The van der Waals surface area contributed by atoms with Gasteiger partial charge in [-0.25, -0.2) is 8.78 Å². The number of aliphatic hydroxyl groups excluding tert-OH is 1. The van der Waals surface area contributed by atoms with E-state index in [9.17, 15) is 54.6 Å². The molecule has 366 valence electrons. The molecule has 8 rings (SSSR count). The van der Waals surface area contributed by atoms with Crippen LogP contribution >= 0.6 is 0 Å². The van der Waals surface area contributed by atoms with Crippen LogP contribution in [0.5, 0.6) is 0 Å². The van der Waals surface area contributed by atoms with Crippen LogP contribution in [0.2, 0.25) is 0 Å². The lowest BCUT2D eigenvalue weighted by molar-refractivity contribution is -0.157. The van der Waals surface area contributed by atoms with Gasteiger partial charge in [0, 0.05) is 61.6 Å². The quantitative estimate of drug-likeness (QED) is 0.180. The normalized spacial score (nSPS) is 31.7. The Morgan fingerprint density at radius 1 is 0.712 bits per heavy atom. The highest BCUT2D eigenvalue weighted by atomic mass is 19.4. The van der Waals surface area contributed by atoms with Gasteiger partial charge >= 0.3 is 12.4 Å². The SMILES string of the molecule is CC(C)[C@]1(C(=O)N2CCc3ccc(C(F)(F)F)cc3C2=O)CC[C@@H](NC2CCOCC2F)C1.CC(C)[C@]1(C(=O)N2CCc3ccc(C(F)(F)F)cc3C2O)CC[C@@H](NC2CCOCC2F)C1. The zero-order valence-corrected chi connectivity index (χ0v) is 37.9. The van der Waals surface area contributed by atoms with Crippen LogP contribution in [0.15, 0.2) is 36.4 Å². The van der Waals surface area contributed by atoms with E-state index < -0.39 is 58.8 Å². The standard InChI is InChI=1S/C24H32F4N2O3.C24H30F4N2O3/c2*1-14(2)23(8-5-17(12-23)29-20-7-10-33-13-19(20)25)22(32)30-9-6-15-3-4-16(24(26,27)28)11-18(15)21(30)31/h3-4,11,14,17,19-21,29,31H,5-10,12-13H2,1-2H3;3-4,11,14,17,19-20,29H,5-10,12-13H2,1-2H3/t17-,19?,20?,21?,23+;17-,19?,20?,23+/m11/s1. The van der Waals surface area contributed by atoms with Crippen LogP contribution in [0.1, 0.15) is 123 Å². The topological polar surface area (TPSA) is 120 Å². The van der Waals surface area contributed by atoms with E-state index in [1.807, 2.05) is 27.7 Å². The second kappa shape index (κ2) is 19.7. The summed E-state index contributed by atoms with van der Waals surface area (Å²) >= 11 is 0. The van der Waals surface area contributed by atoms with E-state index in [-0.39, 0.29) is 85.2 Å². The van der Waals surface area contributed by atoms with Gasteiger partial charge in [0.15, 0.2) is 6.23 Å². The number of nitrogens with zero attached hydrogens (tertiary/aromatic N) is 2. The number of aliphatic hydroxyl groups is 1. The fourth-order valence-corrected chi connectivity index (χ4v) is 11.1. The Balaban J connectivity index is 0.000000196. The van der Waals surface area contributed by atoms with E-state index in [1.54, 1.807) is 0 Å². The maximum atomic E-state index is 14.2. The Hall–Kier alpha value is -3.71. The van der Waals surface area contributed by atoms with Crippen molar-refractivity contribution in [3.63, 3.8) is 0 Å². The molecule has 9 atom stereocenters. The molecule has 0 spiro atoms. The number of alkyl halides is 8. The molecule has 10 nitrogen and oxygen atoms in total. The molecule has 2 aromatic rings. The first-order valence-electron chi connectivity index (χ1n) is 23.3. The van der Waals surface area contributed by atoms with E-state index in [0.717, 1.165) is 29.2 Å². The first kappa shape index (κ1) is 50.2. The van der Waals surface area contributed by atoms with Crippen molar-refractivity contribution in [1.82, 2.24) is 20.4 Å². The van der Waals surface area contributed by atoms with Crippen LogP contribution < -0.4 is 10.6 Å². The molecule has 4 heterocycles. The summed E-state index contributed by atoms with van der Waals surface area (Å²) in [6, 6.07) is 5.76. The number of halogens is 8. The lowest BCUT2D eigenvalue weighted by Gasteiger charge is -2.42. The van der Waals surface area contributed by atoms with Gasteiger partial charge in [0.25, 0.3) is 5.91 Å². The molecule has 5 unspecified atom stereocenters. The van der Waals surface area contributed by atoms with Crippen LogP contribution in [0.4, 0.5) is 35.1 Å². The number of carbonyl (C=O) groups excluding carboxylic acids is 3. The molecule has 66 heavy (non-hydrogen) atoms. The molecule has 2 saturated heterocycles. The van der Waals surface area contributed by atoms with Crippen LogP contribution in [0.25, 0.3) is 0 Å². The number of rotatable bonds is 8. The van der Waals surface area contributed by atoms with Gasteiger partial charge in [0.05, 0.1) is 35.2 Å². The summed E-state index contributed by atoms with van der Waals surface area (Å²) in [5, 5.41) is 17.7. The van der Waals surface area contributed by atoms with Crippen molar-refractivity contribution in [2.24, 2.45) is 22.7 Å². The number of carbonyl (C=O) groups is 3. The Labute approximate surface area is 380 Å². The second-order valence-corrected chi connectivity index (χ2v) is 19.7. The molecule has 2 aromatic carbocycles. The summed E-state index contributed by atoms with van der Waals surface area (Å²) in [6.45, 7) is 9.27. The zero-order valence-electron chi connectivity index (χ0n) is 37.9. The van der Waals surface area contributed by atoms with Gasteiger partial charge in [-0.3, -0.25) is 19.3 Å². The lowest BCUT2D eigenvalue weighted by Crippen LogP contribution is -2.52. The number of fused-ring (bicyclic) bond motifs is 2. The number of hydrogen-bond donors (Lipinski definition) is 3. The maximum Gasteiger partial charge on any atom is 0.416 e. The highest BCUT2D eigenvalue weighted by molar-refractivity contribution is 6.08. The first-order valence-corrected chi connectivity index (χ1v) is 23.3. The first-order chi connectivity index (χ1) is 31.1. The Kier molecular flexibility index (Phi) is 15.0. The number of hydrogen-bond acceptors (Lipinski definition) is 8. The number of ether oxygens (including phenoxy) is 2. The van der Waals surface area contributed by atoms with Gasteiger partial charge in [-0.15, -0.1) is 0 Å². The highest BCUT2D eigenvalue weighted by Gasteiger charge is 2.53. The molecule has 2 saturated carbocycles. The van der Waals surface area contributed by atoms with Crippen LogP contribution in [0.3, 0.4) is 0 Å². The summed E-state index contributed by atoms with van der Waals surface area (Å²) < 4.78 is 118. The van der Waals surface area contributed by atoms with Gasteiger partial charge in [0.1, 0.15) is 12.3 Å². The van der Waals surface area contributed by atoms with Crippen molar-refractivity contribution in [1.29, 1.82) is 0 Å². The van der Waals surface area contributed by atoms with Gasteiger partial charge in [-0.05, 0) is 111 Å². The Morgan fingerprint density at radius 3 is 1.70 bits per heavy atom. The summed E-state index contributed by atoms with van der Waals surface area (Å²) in [5.74, 6) is -1.36. The van der Waals surface area contributed by atoms with Crippen LogP contribution in [-0.4, -0.2) is 109 Å². The summed E-state index contributed by atoms with van der Waals surface area (Å²) in [7, 11) is 0. The average Bonchev–Trinajstić information content (AvgIpc) is 3.91. The smallest absolute Gasteiger partial charge is 0.378 e. The predicted octanol–water partition coefficient (Wildman–Crippen LogP) is 8.13. The molecule has 3 N–H and O–H groups in total. The van der Waals surface area contributed by atoms with Crippen molar-refractivity contribution in [2.45, 2.75) is 147 Å². The molecular weight excluding hydrogens is 881 g/mol. The van der Waals surface area contributed by atoms with Crippen LogP contribution in [-0.2, 0) is 44.3 Å². The lowest BCUT2D eigenvalue weighted by atomic mass is 9.73. The van der Waals surface area contributed by atoms with E-state index >= 15 is 0 Å². The zero-order chi connectivity index (χ0) is 47.9. The summed E-state index contributed by atoms with van der Waals surface area (Å²) in [6.07, 6.45) is -7.39. The number of amides is 3. The minimum atomic E-state index is -4.57. The average molecular weight is 943 g/mol. The largest absolute Gasteiger partial charge is 0.416 e. The van der Waals surface area contributed by atoms with E-state index in [0.29, 0.717) is 88.5 Å². The molecule has 3 amide bonds. The van der Waals surface area contributed by atoms with Crippen LogP contribution in [0, 0.1) is 22.7 Å². The minimum Gasteiger partial charge on any atom is -0.378 e. The third-order valence-corrected chi connectivity index (χ3v) is 15.3. The van der Waals surface area contributed by atoms with Crippen molar-refractivity contribution in [2.75, 3.05) is 39.5 Å². The van der Waals surface area contributed by atoms with Crippen molar-refractivity contribution in [3.05, 3.63) is 69.8 Å². The maximum absolute atomic E-state index is 14.2. The van der Waals surface area contributed by atoms with E-state index in [2.05, 4.69) is 10.6 Å². The third kappa shape index (κ3) is 10.2. The number of nitrogens with one attached hydrogen (secondary N) is 2. The minimum absolute atomic E-state index is 0.0382. The Morgan fingerprint density at radius 2 is 1.20 bits per heavy atom. The van der Waals surface area contributed by atoms with Crippen molar-refractivity contribution >= 4 is 17.7 Å². The summed E-state index contributed by atoms with van der Waals surface area (Å²) in [5.41, 5.74) is -2.08. The molecule has 2 aliphatic carbocycles. The molecule has 0 aromatic heterocycles. The monoisotopic (exact) mass is 942 g/mol. The van der Waals surface area contributed by atoms with Gasteiger partial charge in [-0.2, -0.15) is 26.3 Å². The second-order valence-electron chi connectivity index (χ2n) is 19.7. The molecule has 6 aliphatic rings. The van der Waals surface area contributed by atoms with Crippen molar-refractivity contribution in [3.8, 4) is 0 Å². The third-order valence-electron chi connectivity index (χ3n) is 15.3.